The summed E-state index contributed by atoms with van der Waals surface area (Å²) in [5.41, 5.74) is 1.62. The molecular formula is C28H26N2O6. The van der Waals surface area contributed by atoms with E-state index in [0.29, 0.717) is 29.5 Å². The first kappa shape index (κ1) is 24.7. The van der Waals surface area contributed by atoms with E-state index in [1.165, 1.54) is 29.2 Å². The molecule has 0 bridgehead atoms. The quantitative estimate of drug-likeness (QED) is 0.154. The van der Waals surface area contributed by atoms with Crippen LogP contribution in [-0.2, 0) is 9.59 Å². The maximum absolute atomic E-state index is 13.3. The molecule has 1 atom stereocenters. The van der Waals surface area contributed by atoms with Crippen LogP contribution in [0.2, 0.25) is 0 Å². The van der Waals surface area contributed by atoms with Gasteiger partial charge in [-0.1, -0.05) is 50.2 Å². The fourth-order valence-corrected chi connectivity index (χ4v) is 4.15. The fraction of sp³-hybridized carbons (Fsp3) is 0.214. The van der Waals surface area contributed by atoms with Crippen molar-refractivity contribution in [1.29, 1.82) is 0 Å². The summed E-state index contributed by atoms with van der Waals surface area (Å²) in [5, 5.41) is 22.5. The van der Waals surface area contributed by atoms with Gasteiger partial charge in [0, 0.05) is 23.4 Å². The molecule has 4 rings (SSSR count). The van der Waals surface area contributed by atoms with Crippen molar-refractivity contribution in [3.05, 3.63) is 105 Å². The fourth-order valence-electron chi connectivity index (χ4n) is 4.15. The smallest absolute Gasteiger partial charge is 0.300 e. The van der Waals surface area contributed by atoms with Crippen LogP contribution in [0.15, 0.2) is 78.4 Å². The van der Waals surface area contributed by atoms with E-state index in [1.807, 2.05) is 26.8 Å². The average Bonchev–Trinajstić information content (AvgIpc) is 3.13. The van der Waals surface area contributed by atoms with Crippen LogP contribution in [0.25, 0.3) is 5.76 Å². The first-order chi connectivity index (χ1) is 17.2. The summed E-state index contributed by atoms with van der Waals surface area (Å²) in [6, 6.07) is 18.6. The molecule has 1 aliphatic rings. The zero-order valence-corrected chi connectivity index (χ0v) is 20.2. The first-order valence-corrected chi connectivity index (χ1v) is 11.5. The number of hydrogen-bond donors (Lipinski definition) is 1. The Kier molecular flexibility index (Phi) is 6.87. The number of nitro benzene ring substituents is 1. The Morgan fingerprint density at radius 2 is 1.78 bits per heavy atom. The van der Waals surface area contributed by atoms with Crippen molar-refractivity contribution >= 4 is 28.8 Å². The number of nitrogens with zero attached hydrogens (tertiary/aromatic N) is 2. The Hall–Kier alpha value is -4.46. The Bertz CT molecular complexity index is 1380. The van der Waals surface area contributed by atoms with Crippen molar-refractivity contribution in [1.82, 2.24) is 0 Å². The standard InChI is InChI=1S/C28H26N2O6/c1-17(2)16-36-23-12-6-8-19(15-23)25-24(26(31)20-9-5-11-22(14-20)30(34)35)27(32)28(33)29(25)21-10-4-7-18(3)13-21/h4-15,17,25,31H,16H2,1-3H3/b26-24-. The number of amides is 1. The third kappa shape index (κ3) is 4.84. The van der Waals surface area contributed by atoms with Gasteiger partial charge in [-0.25, -0.2) is 0 Å². The Labute approximate surface area is 208 Å². The predicted molar refractivity (Wildman–Crippen MR) is 136 cm³/mol. The van der Waals surface area contributed by atoms with Crippen LogP contribution < -0.4 is 9.64 Å². The number of aliphatic hydroxyl groups is 1. The molecule has 1 N–H and O–H groups in total. The Morgan fingerprint density at radius 3 is 2.47 bits per heavy atom. The molecule has 8 heteroatoms. The van der Waals surface area contributed by atoms with Crippen LogP contribution in [0, 0.1) is 23.0 Å². The monoisotopic (exact) mass is 486 g/mol. The van der Waals surface area contributed by atoms with Crippen molar-refractivity contribution in [3.8, 4) is 5.75 Å². The molecule has 0 aliphatic carbocycles. The van der Waals surface area contributed by atoms with Crippen molar-refractivity contribution in [2.45, 2.75) is 26.8 Å². The summed E-state index contributed by atoms with van der Waals surface area (Å²) in [7, 11) is 0. The van der Waals surface area contributed by atoms with Gasteiger partial charge in [-0.3, -0.25) is 24.6 Å². The van der Waals surface area contributed by atoms with E-state index in [9.17, 15) is 24.8 Å². The second kappa shape index (κ2) is 10.0. The SMILES string of the molecule is Cc1cccc(N2C(=O)C(=O)/C(=C(\O)c3cccc([N+](=O)[O-])c3)C2c2cccc(OCC(C)C)c2)c1. The average molecular weight is 487 g/mol. The van der Waals surface area contributed by atoms with Gasteiger partial charge in [0.1, 0.15) is 11.5 Å². The van der Waals surface area contributed by atoms with Crippen LogP contribution in [0.5, 0.6) is 5.75 Å². The number of nitro groups is 1. The van der Waals surface area contributed by atoms with Crippen LogP contribution in [0.1, 0.15) is 36.6 Å². The van der Waals surface area contributed by atoms with Crippen molar-refractivity contribution < 1.29 is 24.4 Å². The molecule has 0 saturated carbocycles. The lowest BCUT2D eigenvalue weighted by atomic mass is 9.94. The maximum Gasteiger partial charge on any atom is 0.300 e. The van der Waals surface area contributed by atoms with Crippen molar-refractivity contribution in [2.75, 3.05) is 11.5 Å². The second-order valence-corrected chi connectivity index (χ2v) is 9.09. The molecule has 1 saturated heterocycles. The zero-order valence-electron chi connectivity index (χ0n) is 20.2. The van der Waals surface area contributed by atoms with E-state index in [0.717, 1.165) is 5.56 Å². The summed E-state index contributed by atoms with van der Waals surface area (Å²) in [5.74, 6) is -1.30. The van der Waals surface area contributed by atoms with Crippen LogP contribution in [0.3, 0.4) is 0 Å². The molecule has 36 heavy (non-hydrogen) atoms. The number of Topliss-reactive ketones (excluding diaryl/α,β-unsaturated/α-hetero) is 1. The third-order valence-electron chi connectivity index (χ3n) is 5.81. The number of rotatable bonds is 7. The topological polar surface area (TPSA) is 110 Å². The summed E-state index contributed by atoms with van der Waals surface area (Å²) in [6.45, 7) is 6.40. The molecular weight excluding hydrogens is 460 g/mol. The number of anilines is 1. The Morgan fingerprint density at radius 1 is 1.06 bits per heavy atom. The zero-order chi connectivity index (χ0) is 26.0. The van der Waals surface area contributed by atoms with Gasteiger partial charge >= 0.3 is 0 Å². The highest BCUT2D eigenvalue weighted by molar-refractivity contribution is 6.51. The minimum absolute atomic E-state index is 0.0728. The van der Waals surface area contributed by atoms with Gasteiger partial charge < -0.3 is 9.84 Å². The van der Waals surface area contributed by atoms with E-state index in [2.05, 4.69) is 0 Å². The number of ether oxygens (including phenoxy) is 1. The van der Waals surface area contributed by atoms with Crippen molar-refractivity contribution in [2.24, 2.45) is 5.92 Å². The number of benzene rings is 3. The van der Waals surface area contributed by atoms with Gasteiger partial charge in [0.15, 0.2) is 0 Å². The molecule has 0 spiro atoms. The molecule has 184 valence electrons. The normalized spacial score (nSPS) is 17.0. The molecule has 1 amide bonds. The molecule has 3 aromatic rings. The van der Waals surface area contributed by atoms with E-state index in [-0.39, 0.29) is 16.8 Å². The van der Waals surface area contributed by atoms with E-state index >= 15 is 0 Å². The number of carbonyl (C=O) groups excluding carboxylic acids is 2. The molecule has 3 aromatic carbocycles. The lowest BCUT2D eigenvalue weighted by molar-refractivity contribution is -0.384. The number of carbonyl (C=O) groups is 2. The Balaban J connectivity index is 1.91. The minimum Gasteiger partial charge on any atom is -0.507 e. The highest BCUT2D eigenvalue weighted by Gasteiger charge is 2.47. The third-order valence-corrected chi connectivity index (χ3v) is 5.81. The molecule has 1 fully saturated rings. The van der Waals surface area contributed by atoms with E-state index in [4.69, 9.17) is 4.74 Å². The molecule has 0 radical (unpaired) electrons. The number of aryl methyl sites for hydroxylation is 1. The van der Waals surface area contributed by atoms with Crippen molar-refractivity contribution in [3.63, 3.8) is 0 Å². The summed E-state index contributed by atoms with van der Waals surface area (Å²) >= 11 is 0. The summed E-state index contributed by atoms with van der Waals surface area (Å²) < 4.78 is 5.86. The summed E-state index contributed by atoms with van der Waals surface area (Å²) in [6.07, 6.45) is 0. The van der Waals surface area contributed by atoms with Gasteiger partial charge in [-0.15, -0.1) is 0 Å². The predicted octanol–water partition coefficient (Wildman–Crippen LogP) is 5.56. The number of hydrogen-bond acceptors (Lipinski definition) is 6. The van der Waals surface area contributed by atoms with E-state index in [1.54, 1.807) is 42.5 Å². The molecule has 0 aromatic heterocycles. The largest absolute Gasteiger partial charge is 0.507 e. The van der Waals surface area contributed by atoms with E-state index < -0.39 is 28.4 Å². The summed E-state index contributed by atoms with van der Waals surface area (Å²) in [4.78, 5) is 38.7. The number of non-ortho nitro benzene ring substituents is 1. The van der Waals surface area contributed by atoms with Gasteiger partial charge in [-0.2, -0.15) is 0 Å². The van der Waals surface area contributed by atoms with Gasteiger partial charge in [0.05, 0.1) is 23.1 Å². The highest BCUT2D eigenvalue weighted by atomic mass is 16.6. The first-order valence-electron chi connectivity index (χ1n) is 11.5. The lowest BCUT2D eigenvalue weighted by Crippen LogP contribution is -2.29. The maximum atomic E-state index is 13.3. The van der Waals surface area contributed by atoms with Gasteiger partial charge in [-0.05, 0) is 48.2 Å². The molecule has 1 aliphatic heterocycles. The molecule has 8 nitrogen and oxygen atoms in total. The second-order valence-electron chi connectivity index (χ2n) is 9.09. The lowest BCUT2D eigenvalue weighted by Gasteiger charge is -2.26. The minimum atomic E-state index is -0.964. The van der Waals surface area contributed by atoms with Crippen LogP contribution in [0.4, 0.5) is 11.4 Å². The van der Waals surface area contributed by atoms with Gasteiger partial charge in [0.2, 0.25) is 0 Å². The highest BCUT2D eigenvalue weighted by Crippen LogP contribution is 2.43. The molecule has 1 heterocycles. The van der Waals surface area contributed by atoms with Gasteiger partial charge in [0.25, 0.3) is 17.4 Å². The number of aliphatic hydroxyl groups excluding tert-OH is 1. The number of ketones is 1. The van der Waals surface area contributed by atoms with Crippen LogP contribution in [-0.4, -0.2) is 28.3 Å². The molecule has 1 unspecified atom stereocenters. The van der Waals surface area contributed by atoms with Crippen LogP contribution >= 0.6 is 0 Å².